The summed E-state index contributed by atoms with van der Waals surface area (Å²) in [6.45, 7) is 0.294. The first-order valence-corrected chi connectivity index (χ1v) is 7.22. The van der Waals surface area contributed by atoms with Crippen LogP contribution < -0.4 is 5.56 Å². The van der Waals surface area contributed by atoms with Crippen LogP contribution in [0.4, 0.5) is 4.39 Å². The molecule has 0 aliphatic rings. The zero-order valence-corrected chi connectivity index (χ0v) is 12.6. The molecule has 1 aromatic heterocycles. The average molecular weight is 347 g/mol. The van der Waals surface area contributed by atoms with Crippen molar-refractivity contribution in [2.45, 2.75) is 6.54 Å². The smallest absolute Gasteiger partial charge is 0.281 e. The molecule has 0 bridgehead atoms. The van der Waals surface area contributed by atoms with Crippen LogP contribution in [0.1, 0.15) is 5.56 Å². The Balaban J connectivity index is 2.00. The largest absolute Gasteiger partial charge is 0.293 e. The molecule has 21 heavy (non-hydrogen) atoms. The molecule has 0 fully saturated rings. The predicted octanol–water partition coefficient (Wildman–Crippen LogP) is 3.79. The summed E-state index contributed by atoms with van der Waals surface area (Å²) in [5.41, 5.74) is 2.19. The Labute approximate surface area is 129 Å². The van der Waals surface area contributed by atoms with Crippen molar-refractivity contribution in [3.8, 4) is 11.3 Å². The molecular formula is C16H12BrFN2O. The average Bonchev–Trinajstić information content (AvgIpc) is 2.77. The molecule has 1 N–H and O–H groups in total. The van der Waals surface area contributed by atoms with E-state index >= 15 is 0 Å². The van der Waals surface area contributed by atoms with Crippen molar-refractivity contribution >= 4 is 15.9 Å². The molecule has 3 rings (SSSR count). The summed E-state index contributed by atoms with van der Waals surface area (Å²) in [7, 11) is 0. The first-order valence-electron chi connectivity index (χ1n) is 6.43. The minimum absolute atomic E-state index is 0.168. The first kappa shape index (κ1) is 13.8. The van der Waals surface area contributed by atoms with Gasteiger partial charge in [-0.3, -0.25) is 9.89 Å². The summed E-state index contributed by atoms with van der Waals surface area (Å²) in [4.78, 5) is 12.2. The second-order valence-electron chi connectivity index (χ2n) is 4.69. The summed E-state index contributed by atoms with van der Waals surface area (Å²) >= 11 is 3.33. The van der Waals surface area contributed by atoms with Gasteiger partial charge in [0.05, 0.1) is 12.2 Å². The topological polar surface area (TPSA) is 37.8 Å². The third-order valence-electron chi connectivity index (χ3n) is 3.19. The lowest BCUT2D eigenvalue weighted by Crippen LogP contribution is -2.17. The van der Waals surface area contributed by atoms with Gasteiger partial charge in [-0.05, 0) is 33.6 Å². The Morgan fingerprint density at radius 3 is 2.57 bits per heavy atom. The fraction of sp³-hybridized carbons (Fsp3) is 0.0625. The molecule has 3 aromatic rings. The van der Waals surface area contributed by atoms with Gasteiger partial charge in [-0.15, -0.1) is 0 Å². The van der Waals surface area contributed by atoms with Crippen LogP contribution in [-0.2, 0) is 6.54 Å². The maximum atomic E-state index is 13.2. The third-order valence-corrected chi connectivity index (χ3v) is 3.93. The van der Waals surface area contributed by atoms with Crippen LogP contribution in [0.25, 0.3) is 11.3 Å². The molecule has 0 unspecified atom stereocenters. The maximum Gasteiger partial charge on any atom is 0.281 e. The Morgan fingerprint density at radius 1 is 1.10 bits per heavy atom. The van der Waals surface area contributed by atoms with E-state index < -0.39 is 0 Å². The van der Waals surface area contributed by atoms with Crippen molar-refractivity contribution in [3.63, 3.8) is 0 Å². The van der Waals surface area contributed by atoms with Crippen LogP contribution in [0.3, 0.4) is 0 Å². The van der Waals surface area contributed by atoms with Gasteiger partial charge in [-0.25, -0.2) is 9.07 Å². The van der Waals surface area contributed by atoms with Crippen LogP contribution >= 0.6 is 15.9 Å². The molecule has 0 aliphatic heterocycles. The second kappa shape index (κ2) is 5.69. The third kappa shape index (κ3) is 2.83. The van der Waals surface area contributed by atoms with Crippen molar-refractivity contribution in [1.82, 2.24) is 9.78 Å². The number of nitrogens with one attached hydrogen (secondary N) is 1. The Morgan fingerprint density at radius 2 is 1.86 bits per heavy atom. The molecule has 1 heterocycles. The molecule has 0 amide bonds. The molecular weight excluding hydrogens is 335 g/mol. The summed E-state index contributed by atoms with van der Waals surface area (Å²) in [6.07, 6.45) is 0. The zero-order valence-electron chi connectivity index (χ0n) is 11.0. The first-order chi connectivity index (χ1) is 10.1. The van der Waals surface area contributed by atoms with E-state index in [0.717, 1.165) is 16.8 Å². The minimum atomic E-state index is -0.311. The number of aromatic nitrogens is 2. The quantitative estimate of drug-likeness (QED) is 0.769. The van der Waals surface area contributed by atoms with E-state index in [9.17, 15) is 9.18 Å². The molecule has 5 heteroatoms. The molecule has 0 spiro atoms. The number of hydrogen-bond acceptors (Lipinski definition) is 1. The summed E-state index contributed by atoms with van der Waals surface area (Å²) in [5, 5.41) is 3.07. The zero-order chi connectivity index (χ0) is 14.8. The lowest BCUT2D eigenvalue weighted by Gasteiger charge is -2.03. The van der Waals surface area contributed by atoms with Gasteiger partial charge in [0.15, 0.2) is 0 Å². The fourth-order valence-electron chi connectivity index (χ4n) is 2.19. The van der Waals surface area contributed by atoms with Crippen LogP contribution in [0.15, 0.2) is 63.9 Å². The number of rotatable bonds is 3. The van der Waals surface area contributed by atoms with E-state index in [4.69, 9.17) is 0 Å². The number of benzene rings is 2. The monoisotopic (exact) mass is 346 g/mol. The van der Waals surface area contributed by atoms with Gasteiger partial charge in [0, 0.05) is 5.56 Å². The Hall–Kier alpha value is -2.14. The normalized spacial score (nSPS) is 10.8. The molecule has 0 atom stereocenters. The highest BCUT2D eigenvalue weighted by Gasteiger charge is 2.13. The summed E-state index contributed by atoms with van der Waals surface area (Å²) in [5.74, 6) is -0.311. The molecule has 0 saturated heterocycles. The number of aromatic amines is 1. The van der Waals surface area contributed by atoms with E-state index in [1.165, 1.54) is 16.8 Å². The van der Waals surface area contributed by atoms with Crippen molar-refractivity contribution in [1.29, 1.82) is 0 Å². The lowest BCUT2D eigenvalue weighted by atomic mass is 10.2. The van der Waals surface area contributed by atoms with Gasteiger partial charge >= 0.3 is 0 Å². The van der Waals surface area contributed by atoms with Crippen LogP contribution in [-0.4, -0.2) is 9.78 Å². The second-order valence-corrected chi connectivity index (χ2v) is 5.48. The number of hydrogen-bond donors (Lipinski definition) is 1. The highest BCUT2D eigenvalue weighted by Crippen LogP contribution is 2.23. The van der Waals surface area contributed by atoms with Crippen molar-refractivity contribution in [2.24, 2.45) is 0 Å². The lowest BCUT2D eigenvalue weighted by molar-refractivity contribution is 0.616. The number of H-pyrrole nitrogens is 1. The van der Waals surface area contributed by atoms with Crippen molar-refractivity contribution in [2.75, 3.05) is 0 Å². The Bertz CT molecular complexity index is 824. The van der Waals surface area contributed by atoms with Gasteiger partial charge in [-0.1, -0.05) is 42.5 Å². The molecule has 2 aromatic carbocycles. The SMILES string of the molecule is O=c1c(Br)c(-c2ccccc2)[nH]n1Cc1cccc(F)c1. The van der Waals surface area contributed by atoms with Gasteiger partial charge < -0.3 is 0 Å². The maximum absolute atomic E-state index is 13.2. The van der Waals surface area contributed by atoms with Crippen molar-refractivity contribution < 1.29 is 4.39 Å². The fourth-order valence-corrected chi connectivity index (χ4v) is 2.72. The molecule has 106 valence electrons. The van der Waals surface area contributed by atoms with E-state index in [1.807, 2.05) is 30.3 Å². The van der Waals surface area contributed by atoms with E-state index in [-0.39, 0.29) is 11.4 Å². The predicted molar refractivity (Wildman–Crippen MR) is 83.7 cm³/mol. The van der Waals surface area contributed by atoms with Crippen LogP contribution in [0, 0.1) is 5.82 Å². The summed E-state index contributed by atoms with van der Waals surface area (Å²) < 4.78 is 15.1. The van der Waals surface area contributed by atoms with Gasteiger partial charge in [0.25, 0.3) is 5.56 Å². The number of nitrogens with zero attached hydrogens (tertiary/aromatic N) is 1. The molecule has 0 radical (unpaired) electrons. The van der Waals surface area contributed by atoms with E-state index in [1.54, 1.807) is 12.1 Å². The Kier molecular flexibility index (Phi) is 3.75. The van der Waals surface area contributed by atoms with E-state index in [0.29, 0.717) is 11.0 Å². The molecule has 3 nitrogen and oxygen atoms in total. The van der Waals surface area contributed by atoms with Crippen LogP contribution in [0.2, 0.25) is 0 Å². The minimum Gasteiger partial charge on any atom is -0.293 e. The highest BCUT2D eigenvalue weighted by molar-refractivity contribution is 9.10. The number of halogens is 2. The van der Waals surface area contributed by atoms with Crippen molar-refractivity contribution in [3.05, 3.63) is 80.8 Å². The highest BCUT2D eigenvalue weighted by atomic mass is 79.9. The molecule has 0 saturated carbocycles. The van der Waals surface area contributed by atoms with Gasteiger partial charge in [0.2, 0.25) is 0 Å². The van der Waals surface area contributed by atoms with Gasteiger partial charge in [0.1, 0.15) is 10.3 Å². The van der Waals surface area contributed by atoms with E-state index in [2.05, 4.69) is 21.0 Å². The molecule has 0 aliphatic carbocycles. The van der Waals surface area contributed by atoms with Crippen LogP contribution in [0.5, 0.6) is 0 Å². The summed E-state index contributed by atoms with van der Waals surface area (Å²) in [6, 6.07) is 15.8. The van der Waals surface area contributed by atoms with Gasteiger partial charge in [-0.2, -0.15) is 0 Å². The standard InChI is InChI=1S/C16H12BrFN2O/c17-14-15(12-6-2-1-3-7-12)19-20(16(14)21)10-11-5-4-8-13(18)9-11/h1-9,19H,10H2.